The molecule has 4 rings (SSSR count). The summed E-state index contributed by atoms with van der Waals surface area (Å²) in [6.07, 6.45) is 3.41. The zero-order chi connectivity index (χ0) is 39.4. The lowest BCUT2D eigenvalue weighted by Gasteiger charge is -2.32. The SMILES string of the molecule is NC(N)=NCCC[C@@H](N)C(=O)N1CCC[C@H]1C(=O)N1CCC[C@@H]1C(=O)NCC(=O)N[C@@H](Cc1ccccc1)C(=O)N[C@@H](CO)C(=O)N1CCC[C@@H]1C(=O)O. The van der Waals surface area contributed by atoms with Crippen LogP contribution in [0.2, 0.25) is 0 Å². The maximum absolute atomic E-state index is 13.7. The quantitative estimate of drug-likeness (QED) is 0.0442. The number of guanidine groups is 1. The van der Waals surface area contributed by atoms with Crippen molar-refractivity contribution in [1.82, 2.24) is 30.7 Å². The van der Waals surface area contributed by atoms with Gasteiger partial charge in [0.1, 0.15) is 30.2 Å². The fourth-order valence-electron chi connectivity index (χ4n) is 7.17. The van der Waals surface area contributed by atoms with Crippen LogP contribution in [0.5, 0.6) is 0 Å². The van der Waals surface area contributed by atoms with Gasteiger partial charge in [0.25, 0.3) is 0 Å². The van der Waals surface area contributed by atoms with E-state index in [0.29, 0.717) is 70.1 Å². The third kappa shape index (κ3) is 10.9. The number of nitrogens with two attached hydrogens (primary N) is 3. The van der Waals surface area contributed by atoms with Crippen molar-refractivity contribution in [3.63, 3.8) is 0 Å². The average Bonchev–Trinajstić information content (AvgIpc) is 3.95. The van der Waals surface area contributed by atoms with E-state index < -0.39 is 79.0 Å². The Kier molecular flexibility index (Phi) is 15.1. The molecule has 0 bridgehead atoms. The van der Waals surface area contributed by atoms with Crippen molar-refractivity contribution >= 4 is 47.4 Å². The molecule has 0 saturated carbocycles. The highest BCUT2D eigenvalue weighted by Crippen LogP contribution is 2.26. The Morgan fingerprint density at radius 1 is 0.815 bits per heavy atom. The zero-order valence-electron chi connectivity index (χ0n) is 30.2. The summed E-state index contributed by atoms with van der Waals surface area (Å²) in [5.41, 5.74) is 17.5. The number of aliphatic hydroxyl groups is 1. The lowest BCUT2D eigenvalue weighted by Crippen LogP contribution is -2.58. The highest BCUT2D eigenvalue weighted by Gasteiger charge is 2.43. The zero-order valence-corrected chi connectivity index (χ0v) is 30.2. The first-order valence-corrected chi connectivity index (χ1v) is 18.3. The molecule has 19 heteroatoms. The van der Waals surface area contributed by atoms with Gasteiger partial charge in [-0.1, -0.05) is 30.3 Å². The maximum Gasteiger partial charge on any atom is 0.326 e. The molecule has 0 radical (unpaired) electrons. The van der Waals surface area contributed by atoms with Gasteiger partial charge in [0.2, 0.25) is 35.4 Å². The average molecular weight is 757 g/mol. The number of aliphatic hydroxyl groups excluding tert-OH is 1. The van der Waals surface area contributed by atoms with Gasteiger partial charge >= 0.3 is 5.97 Å². The van der Waals surface area contributed by atoms with Gasteiger partial charge in [0, 0.05) is 32.6 Å². The Hall–Kier alpha value is -5.30. The largest absolute Gasteiger partial charge is 0.480 e. The minimum atomic E-state index is -1.45. The van der Waals surface area contributed by atoms with E-state index in [1.165, 1.54) is 9.80 Å². The van der Waals surface area contributed by atoms with E-state index in [-0.39, 0.29) is 37.2 Å². The predicted octanol–water partition coefficient (Wildman–Crippen LogP) is -3.25. The molecule has 0 aliphatic carbocycles. The number of carboxylic acids is 1. The van der Waals surface area contributed by atoms with Crippen molar-refractivity contribution in [2.75, 3.05) is 39.3 Å². The summed E-state index contributed by atoms with van der Waals surface area (Å²) in [5.74, 6) is -4.83. The Bertz CT molecular complexity index is 1560. The Balaban J connectivity index is 1.35. The number of aliphatic carboxylic acids is 1. The first-order valence-electron chi connectivity index (χ1n) is 18.3. The normalized spacial score (nSPS) is 21.1. The van der Waals surface area contributed by atoms with E-state index in [9.17, 15) is 43.8 Å². The molecule has 11 N–H and O–H groups in total. The molecule has 1 aromatic rings. The van der Waals surface area contributed by atoms with Crippen LogP contribution in [0.3, 0.4) is 0 Å². The highest BCUT2D eigenvalue weighted by molar-refractivity contribution is 5.96. The van der Waals surface area contributed by atoms with Crippen molar-refractivity contribution in [3.05, 3.63) is 35.9 Å². The number of carboxylic acid groups (broad SMARTS) is 1. The standard InChI is InChI=1S/C35H52N10O9/c36-22(10-4-14-39-35(37)38)31(50)44-16-6-12-26(44)33(52)43-15-5-11-25(43)30(49)40-19-28(47)41-23(18-21-8-2-1-3-9-21)29(48)42-24(20-46)32(51)45-17-7-13-27(45)34(53)54/h1-3,8-9,22-27,46H,4-7,10-20,36H2,(H,40,49)(H,41,47)(H,42,48)(H,53,54)(H4,37,38,39)/t22-,23+,24+,25-,26+,27-/m1/s1. The first-order chi connectivity index (χ1) is 25.8. The van der Waals surface area contributed by atoms with Crippen molar-refractivity contribution < 1.29 is 43.8 Å². The third-order valence-electron chi connectivity index (χ3n) is 9.92. The lowest BCUT2D eigenvalue weighted by atomic mass is 10.0. The summed E-state index contributed by atoms with van der Waals surface area (Å²) in [7, 11) is 0. The topological polar surface area (TPSA) is 296 Å². The van der Waals surface area contributed by atoms with Gasteiger partial charge in [-0.05, 0) is 56.9 Å². The number of benzene rings is 1. The van der Waals surface area contributed by atoms with Crippen molar-refractivity contribution in [2.24, 2.45) is 22.2 Å². The Labute approximate surface area is 313 Å². The molecular formula is C35H52N10O9. The predicted molar refractivity (Wildman–Crippen MR) is 194 cm³/mol. The van der Waals surface area contributed by atoms with Gasteiger partial charge in [-0.2, -0.15) is 0 Å². The monoisotopic (exact) mass is 756 g/mol. The van der Waals surface area contributed by atoms with E-state index in [1.807, 2.05) is 0 Å². The second-order valence-electron chi connectivity index (χ2n) is 13.7. The Morgan fingerprint density at radius 3 is 2.06 bits per heavy atom. The van der Waals surface area contributed by atoms with Crippen molar-refractivity contribution in [3.8, 4) is 0 Å². The Morgan fingerprint density at radius 2 is 1.43 bits per heavy atom. The molecule has 54 heavy (non-hydrogen) atoms. The fraction of sp³-hybridized carbons (Fsp3) is 0.600. The number of nitrogens with one attached hydrogen (secondary N) is 3. The molecule has 0 spiro atoms. The minimum absolute atomic E-state index is 0.00159. The molecule has 0 aromatic heterocycles. The van der Waals surface area contributed by atoms with E-state index in [1.54, 1.807) is 30.3 Å². The first kappa shape index (κ1) is 41.5. The molecule has 6 atom stereocenters. The second-order valence-corrected chi connectivity index (χ2v) is 13.7. The van der Waals surface area contributed by atoms with Crippen LogP contribution in [-0.2, 0) is 40.0 Å². The van der Waals surface area contributed by atoms with Crippen LogP contribution < -0.4 is 33.2 Å². The summed E-state index contributed by atoms with van der Waals surface area (Å²) >= 11 is 0. The third-order valence-corrected chi connectivity index (χ3v) is 9.92. The van der Waals surface area contributed by atoms with Crippen LogP contribution >= 0.6 is 0 Å². The van der Waals surface area contributed by atoms with Crippen molar-refractivity contribution in [2.45, 2.75) is 94.0 Å². The number of rotatable bonds is 17. The van der Waals surface area contributed by atoms with Crippen molar-refractivity contribution in [1.29, 1.82) is 0 Å². The van der Waals surface area contributed by atoms with E-state index in [0.717, 1.165) is 4.90 Å². The van der Waals surface area contributed by atoms with Gasteiger partial charge in [-0.15, -0.1) is 0 Å². The summed E-state index contributed by atoms with van der Waals surface area (Å²) in [4.78, 5) is 99.6. The smallest absolute Gasteiger partial charge is 0.326 e. The van der Waals surface area contributed by atoms with Gasteiger partial charge in [-0.3, -0.25) is 33.8 Å². The molecule has 3 heterocycles. The van der Waals surface area contributed by atoms with Gasteiger partial charge in [0.15, 0.2) is 5.96 Å². The van der Waals surface area contributed by atoms with Crippen LogP contribution in [0.4, 0.5) is 0 Å². The number of likely N-dealkylation sites (tertiary alicyclic amines) is 3. The maximum atomic E-state index is 13.7. The van der Waals surface area contributed by atoms with Gasteiger partial charge in [-0.25, -0.2) is 4.79 Å². The number of aliphatic imine (C=N–C) groups is 1. The molecule has 19 nitrogen and oxygen atoms in total. The van der Waals surface area contributed by atoms with E-state index in [4.69, 9.17) is 17.2 Å². The van der Waals surface area contributed by atoms with Crippen LogP contribution in [0.1, 0.15) is 56.9 Å². The number of carbonyl (C=O) groups excluding carboxylic acids is 6. The van der Waals surface area contributed by atoms with Crippen LogP contribution in [0.25, 0.3) is 0 Å². The summed E-state index contributed by atoms with van der Waals surface area (Å²) in [5, 5.41) is 27.1. The summed E-state index contributed by atoms with van der Waals surface area (Å²) in [6, 6.07) is 2.47. The molecule has 3 aliphatic heterocycles. The molecule has 296 valence electrons. The molecule has 6 amide bonds. The summed E-state index contributed by atoms with van der Waals surface area (Å²) < 4.78 is 0. The number of hydrogen-bond acceptors (Lipinski definition) is 10. The minimum Gasteiger partial charge on any atom is -0.480 e. The van der Waals surface area contributed by atoms with Gasteiger partial charge in [0.05, 0.1) is 19.2 Å². The van der Waals surface area contributed by atoms with E-state index in [2.05, 4.69) is 20.9 Å². The second kappa shape index (κ2) is 19.7. The highest BCUT2D eigenvalue weighted by atomic mass is 16.4. The molecule has 3 saturated heterocycles. The van der Waals surface area contributed by atoms with Crippen LogP contribution in [0.15, 0.2) is 35.3 Å². The van der Waals surface area contributed by atoms with Gasteiger partial charge < -0.3 is 58.1 Å². The molecule has 1 aromatic carbocycles. The fourth-order valence-corrected chi connectivity index (χ4v) is 7.17. The lowest BCUT2D eigenvalue weighted by molar-refractivity contribution is -0.150. The van der Waals surface area contributed by atoms with Crippen LogP contribution in [0, 0.1) is 0 Å². The number of amides is 6. The number of carbonyl (C=O) groups is 7. The molecule has 0 unspecified atom stereocenters. The van der Waals surface area contributed by atoms with Crippen LogP contribution in [-0.4, -0.2) is 148 Å². The number of nitrogens with zero attached hydrogens (tertiary/aromatic N) is 4. The molecular weight excluding hydrogens is 704 g/mol. The van der Waals surface area contributed by atoms with E-state index >= 15 is 0 Å². The summed E-state index contributed by atoms with van der Waals surface area (Å²) in [6.45, 7) is -0.212. The molecule has 3 aliphatic rings. The number of hydrogen-bond donors (Lipinski definition) is 8. The molecule has 3 fully saturated rings.